The van der Waals surface area contributed by atoms with Crippen molar-refractivity contribution in [1.29, 1.82) is 0 Å². The zero-order valence-electron chi connectivity index (χ0n) is 11.0. The third-order valence-corrected chi connectivity index (χ3v) is 3.16. The van der Waals surface area contributed by atoms with Gasteiger partial charge in [0.2, 0.25) is 5.91 Å². The predicted molar refractivity (Wildman–Crippen MR) is 70.1 cm³/mol. The minimum Gasteiger partial charge on any atom is -0.573 e. The largest absolute Gasteiger partial charge is 0.573 e. The molecule has 0 atom stereocenters. The average Bonchev–Trinajstić information content (AvgIpc) is 2.80. The van der Waals surface area contributed by atoms with E-state index in [1.165, 1.54) is 17.0 Å². The molecule has 1 fully saturated rings. The molecule has 2 aromatic rings. The number of nitrogens with one attached hydrogen (secondary N) is 2. The van der Waals surface area contributed by atoms with Crippen LogP contribution in [0.1, 0.15) is 6.42 Å². The number of imide groups is 1. The summed E-state index contributed by atoms with van der Waals surface area (Å²) in [7, 11) is 1.60. The molecule has 3 rings (SSSR count). The second kappa shape index (κ2) is 5.79. The van der Waals surface area contributed by atoms with E-state index in [9.17, 15) is 14.0 Å². The summed E-state index contributed by atoms with van der Waals surface area (Å²) in [6.45, 7) is 0.202. The average molecular weight is 462 g/mol. The SMILES string of the molecule is CNc1cc2[n-]nc(N3CCC(=O)NC3=O)c2cc1F.[Re]. The second-order valence-electron chi connectivity index (χ2n) is 4.38. The number of carbonyl (C=O) groups excluding carboxylic acids is 2. The molecular weight excluding hydrogens is 451 g/mol. The minimum absolute atomic E-state index is 0. The maximum Gasteiger partial charge on any atom is 0.329 e. The van der Waals surface area contributed by atoms with Gasteiger partial charge in [-0.2, -0.15) is 0 Å². The van der Waals surface area contributed by atoms with Crippen LogP contribution >= 0.6 is 0 Å². The molecule has 9 heteroatoms. The van der Waals surface area contributed by atoms with Crippen molar-refractivity contribution in [3.63, 3.8) is 0 Å². The van der Waals surface area contributed by atoms with Crippen molar-refractivity contribution in [3.05, 3.63) is 17.9 Å². The summed E-state index contributed by atoms with van der Waals surface area (Å²) in [6, 6.07) is 2.23. The van der Waals surface area contributed by atoms with Gasteiger partial charge in [-0.05, 0) is 12.1 Å². The van der Waals surface area contributed by atoms with Crippen molar-refractivity contribution in [1.82, 2.24) is 15.5 Å². The summed E-state index contributed by atoms with van der Waals surface area (Å²) in [5.41, 5.74) is 0.790. The number of anilines is 2. The van der Waals surface area contributed by atoms with Gasteiger partial charge in [0.05, 0.1) is 5.69 Å². The fraction of sp³-hybridized carbons (Fsp3) is 0.250. The van der Waals surface area contributed by atoms with Gasteiger partial charge in [0.1, 0.15) is 11.6 Å². The molecule has 0 bridgehead atoms. The number of benzene rings is 1. The first-order valence-corrected chi connectivity index (χ1v) is 6.02. The minimum atomic E-state index is -0.568. The van der Waals surface area contributed by atoms with Crippen molar-refractivity contribution >= 4 is 34.3 Å². The quantitative estimate of drug-likeness (QED) is 0.690. The van der Waals surface area contributed by atoms with Crippen molar-refractivity contribution < 1.29 is 34.4 Å². The molecule has 21 heavy (non-hydrogen) atoms. The Morgan fingerprint density at radius 3 is 2.86 bits per heavy atom. The van der Waals surface area contributed by atoms with Gasteiger partial charge >= 0.3 is 6.03 Å². The Labute approximate surface area is 132 Å². The molecule has 1 radical (unpaired) electrons. The number of hydrogen-bond donors (Lipinski definition) is 2. The molecule has 3 amide bonds. The molecule has 1 aromatic heterocycles. The van der Waals surface area contributed by atoms with Gasteiger partial charge in [0, 0.05) is 45.8 Å². The molecule has 7 nitrogen and oxygen atoms in total. The molecule has 1 aromatic carbocycles. The zero-order chi connectivity index (χ0) is 14.3. The molecule has 2 N–H and O–H groups in total. The number of fused-ring (bicyclic) bond motifs is 1. The standard InChI is InChI=1S/C12H12FN5O2.Re/c1-14-9-5-8-6(4-7(9)13)11(17-16-8)18-3-2-10(19)15-12(18)20;/h4-5H,2-3H2,1H3,(H3,14,15,16,17,19,20);/p-1. The maximum atomic E-state index is 13.8. The molecule has 0 aliphatic carbocycles. The Kier molecular flexibility index (Phi) is 4.25. The number of urea groups is 1. The molecular formula is C12H11FN5O2Re-. The van der Waals surface area contributed by atoms with Crippen LogP contribution in [0.15, 0.2) is 12.1 Å². The third-order valence-electron chi connectivity index (χ3n) is 3.16. The molecule has 1 aliphatic rings. The van der Waals surface area contributed by atoms with Crippen LogP contribution in [0, 0.1) is 5.82 Å². The summed E-state index contributed by atoms with van der Waals surface area (Å²) in [6.07, 6.45) is 0.178. The van der Waals surface area contributed by atoms with Gasteiger partial charge in [-0.1, -0.05) is 0 Å². The number of rotatable bonds is 2. The fourth-order valence-electron chi connectivity index (χ4n) is 2.14. The normalized spacial score (nSPS) is 14.9. The van der Waals surface area contributed by atoms with Gasteiger partial charge in [0.15, 0.2) is 0 Å². The van der Waals surface area contributed by atoms with E-state index in [1.807, 2.05) is 0 Å². The van der Waals surface area contributed by atoms with Crippen LogP contribution in [0.4, 0.5) is 20.7 Å². The van der Waals surface area contributed by atoms with E-state index in [2.05, 4.69) is 20.8 Å². The number of hydrogen-bond acceptors (Lipinski definition) is 4. The predicted octanol–water partition coefficient (Wildman–Crippen LogP) is 0.817. The second-order valence-corrected chi connectivity index (χ2v) is 4.38. The van der Waals surface area contributed by atoms with Crippen LogP contribution in [-0.4, -0.2) is 30.6 Å². The Hall–Kier alpha value is -1.98. The molecule has 0 saturated carbocycles. The molecule has 2 heterocycles. The third kappa shape index (κ3) is 2.62. The van der Waals surface area contributed by atoms with E-state index in [4.69, 9.17) is 0 Å². The summed E-state index contributed by atoms with van der Waals surface area (Å²) < 4.78 is 13.8. The number of aromatic nitrogens is 2. The fourth-order valence-corrected chi connectivity index (χ4v) is 2.14. The molecule has 1 saturated heterocycles. The van der Waals surface area contributed by atoms with Crippen LogP contribution in [-0.2, 0) is 25.2 Å². The van der Waals surface area contributed by atoms with Crippen LogP contribution in [0.5, 0.6) is 0 Å². The first kappa shape index (κ1) is 15.4. The smallest absolute Gasteiger partial charge is 0.329 e. The van der Waals surface area contributed by atoms with Gasteiger partial charge < -0.3 is 15.5 Å². The van der Waals surface area contributed by atoms with Crippen molar-refractivity contribution in [2.45, 2.75) is 6.42 Å². The monoisotopic (exact) mass is 463 g/mol. The first-order valence-electron chi connectivity index (χ1n) is 6.02. The Balaban J connectivity index is 0.00000161. The van der Waals surface area contributed by atoms with Gasteiger partial charge in [0.25, 0.3) is 0 Å². The first-order chi connectivity index (χ1) is 9.60. The summed E-state index contributed by atoms with van der Waals surface area (Å²) in [4.78, 5) is 24.2. The Morgan fingerprint density at radius 2 is 2.19 bits per heavy atom. The number of carbonyl (C=O) groups is 2. The van der Waals surface area contributed by atoms with E-state index in [0.29, 0.717) is 16.6 Å². The molecule has 111 valence electrons. The number of halogens is 1. The van der Waals surface area contributed by atoms with E-state index in [0.717, 1.165) is 0 Å². The Bertz CT molecular complexity index is 717. The molecule has 0 spiro atoms. The van der Waals surface area contributed by atoms with Crippen LogP contribution in [0.25, 0.3) is 10.9 Å². The van der Waals surface area contributed by atoms with Crippen LogP contribution in [0.3, 0.4) is 0 Å². The maximum absolute atomic E-state index is 13.8. The topological polar surface area (TPSA) is 88.4 Å². The summed E-state index contributed by atoms with van der Waals surface area (Å²) in [5, 5.41) is 13.2. The van der Waals surface area contributed by atoms with Crippen molar-refractivity contribution in [2.75, 3.05) is 23.8 Å². The number of nitrogens with zero attached hydrogens (tertiary/aromatic N) is 3. The summed E-state index contributed by atoms with van der Waals surface area (Å²) >= 11 is 0. The van der Waals surface area contributed by atoms with E-state index in [-0.39, 0.29) is 45.1 Å². The number of amides is 3. The molecule has 0 unspecified atom stereocenters. The van der Waals surface area contributed by atoms with E-state index < -0.39 is 11.8 Å². The van der Waals surface area contributed by atoms with E-state index >= 15 is 0 Å². The summed E-state index contributed by atoms with van der Waals surface area (Å²) in [5.74, 6) is -0.533. The van der Waals surface area contributed by atoms with Crippen LogP contribution in [0.2, 0.25) is 0 Å². The van der Waals surface area contributed by atoms with E-state index in [1.54, 1.807) is 7.05 Å². The van der Waals surface area contributed by atoms with Crippen molar-refractivity contribution in [3.8, 4) is 0 Å². The van der Waals surface area contributed by atoms with Crippen molar-refractivity contribution in [2.24, 2.45) is 0 Å². The Morgan fingerprint density at radius 1 is 1.43 bits per heavy atom. The van der Waals surface area contributed by atoms with Gasteiger partial charge in [-0.15, -0.1) is 5.52 Å². The van der Waals surface area contributed by atoms with Gasteiger partial charge in [-0.3, -0.25) is 15.0 Å². The zero-order valence-corrected chi connectivity index (χ0v) is 13.7. The molecule has 1 aliphatic heterocycles. The van der Waals surface area contributed by atoms with Gasteiger partial charge in [-0.25, -0.2) is 9.18 Å². The van der Waals surface area contributed by atoms with Crippen LogP contribution < -0.4 is 20.6 Å².